The molecule has 0 saturated carbocycles. The van der Waals surface area contributed by atoms with E-state index in [1.807, 2.05) is 60.7 Å². The maximum Gasteiger partial charge on any atom is 0.283 e. The maximum absolute atomic E-state index is 12.2. The third-order valence-corrected chi connectivity index (χ3v) is 3.49. The lowest BCUT2D eigenvalue weighted by molar-refractivity contribution is 0.0923. The summed E-state index contributed by atoms with van der Waals surface area (Å²) in [5.74, 6) is -0.262. The second-order valence-corrected chi connectivity index (χ2v) is 5.07. The number of nitrogens with zero attached hydrogens (tertiary/aromatic N) is 1. The summed E-state index contributed by atoms with van der Waals surface area (Å²) >= 11 is 0. The van der Waals surface area contributed by atoms with Gasteiger partial charge in [-0.15, -0.1) is 0 Å². The molecule has 4 nitrogen and oxygen atoms in total. The number of hydrazine groups is 1. The van der Waals surface area contributed by atoms with Gasteiger partial charge in [0.15, 0.2) is 0 Å². The van der Waals surface area contributed by atoms with Crippen molar-refractivity contribution in [1.29, 1.82) is 0 Å². The molecule has 2 aromatic carbocycles. The Morgan fingerprint density at radius 3 is 1.87 bits per heavy atom. The summed E-state index contributed by atoms with van der Waals surface area (Å²) in [7, 11) is 0. The molecule has 4 heteroatoms. The molecule has 0 aliphatic rings. The summed E-state index contributed by atoms with van der Waals surface area (Å²) in [4.78, 5) is 16.2. The van der Waals surface area contributed by atoms with E-state index in [4.69, 9.17) is 0 Å². The molecular weight excluding hydrogens is 286 g/mol. The molecule has 0 fully saturated rings. The summed E-state index contributed by atoms with van der Waals surface area (Å²) < 4.78 is 0. The minimum atomic E-state index is -0.262. The van der Waals surface area contributed by atoms with Gasteiger partial charge in [0.05, 0.1) is 6.04 Å². The fraction of sp³-hybridized carbons (Fsp3) is 0.0526. The molecular formula is C19H17N3O. The van der Waals surface area contributed by atoms with Gasteiger partial charge in [0, 0.05) is 6.20 Å². The van der Waals surface area contributed by atoms with Crippen LogP contribution in [0.5, 0.6) is 0 Å². The van der Waals surface area contributed by atoms with Gasteiger partial charge in [-0.1, -0.05) is 66.7 Å². The Kier molecular flexibility index (Phi) is 4.76. The van der Waals surface area contributed by atoms with Crippen LogP contribution in [0.25, 0.3) is 0 Å². The molecule has 0 radical (unpaired) electrons. The molecule has 0 bridgehead atoms. The molecule has 0 saturated heterocycles. The Morgan fingerprint density at radius 1 is 0.783 bits per heavy atom. The van der Waals surface area contributed by atoms with Crippen molar-refractivity contribution in [2.24, 2.45) is 0 Å². The summed E-state index contributed by atoms with van der Waals surface area (Å²) in [6, 6.07) is 25.1. The first-order valence-corrected chi connectivity index (χ1v) is 7.41. The van der Waals surface area contributed by atoms with Crippen LogP contribution in [0.1, 0.15) is 27.7 Å². The largest absolute Gasteiger partial charge is 0.285 e. The molecule has 23 heavy (non-hydrogen) atoms. The fourth-order valence-corrected chi connectivity index (χ4v) is 2.35. The summed E-state index contributed by atoms with van der Waals surface area (Å²) in [5.41, 5.74) is 8.37. The summed E-state index contributed by atoms with van der Waals surface area (Å²) in [6.45, 7) is 0. The van der Waals surface area contributed by atoms with Gasteiger partial charge >= 0.3 is 0 Å². The predicted molar refractivity (Wildman–Crippen MR) is 89.6 cm³/mol. The van der Waals surface area contributed by atoms with Gasteiger partial charge in [0.2, 0.25) is 0 Å². The first-order valence-electron chi connectivity index (χ1n) is 7.41. The Balaban J connectivity index is 1.79. The summed E-state index contributed by atoms with van der Waals surface area (Å²) in [6.07, 6.45) is 1.60. The van der Waals surface area contributed by atoms with Crippen molar-refractivity contribution in [3.63, 3.8) is 0 Å². The van der Waals surface area contributed by atoms with E-state index in [9.17, 15) is 4.79 Å². The number of hydrogen-bond donors (Lipinski definition) is 2. The second kappa shape index (κ2) is 7.33. The SMILES string of the molecule is O=C(NNC(c1ccccc1)c1ccccc1)c1ccccn1. The van der Waals surface area contributed by atoms with Crippen molar-refractivity contribution >= 4 is 5.91 Å². The van der Waals surface area contributed by atoms with Crippen LogP contribution in [0, 0.1) is 0 Å². The van der Waals surface area contributed by atoms with Gasteiger partial charge in [-0.25, -0.2) is 5.43 Å². The van der Waals surface area contributed by atoms with E-state index in [1.54, 1.807) is 24.4 Å². The van der Waals surface area contributed by atoms with Crippen LogP contribution in [0.3, 0.4) is 0 Å². The quantitative estimate of drug-likeness (QED) is 0.712. The highest BCUT2D eigenvalue weighted by atomic mass is 16.2. The van der Waals surface area contributed by atoms with Gasteiger partial charge in [-0.2, -0.15) is 0 Å². The lowest BCUT2D eigenvalue weighted by Gasteiger charge is -2.20. The number of amides is 1. The Morgan fingerprint density at radius 2 is 1.35 bits per heavy atom. The smallest absolute Gasteiger partial charge is 0.283 e. The van der Waals surface area contributed by atoms with Crippen molar-refractivity contribution in [3.05, 3.63) is 102 Å². The van der Waals surface area contributed by atoms with Crippen LogP contribution in [0.4, 0.5) is 0 Å². The number of carbonyl (C=O) groups excluding carboxylic acids is 1. The Hall–Kier alpha value is -2.98. The normalized spacial score (nSPS) is 10.5. The average Bonchev–Trinajstić information content (AvgIpc) is 2.64. The maximum atomic E-state index is 12.2. The monoisotopic (exact) mass is 303 g/mol. The second-order valence-electron chi connectivity index (χ2n) is 5.07. The molecule has 114 valence electrons. The van der Waals surface area contributed by atoms with E-state index >= 15 is 0 Å². The van der Waals surface area contributed by atoms with Crippen molar-refractivity contribution < 1.29 is 4.79 Å². The van der Waals surface area contributed by atoms with Crippen LogP contribution < -0.4 is 10.9 Å². The van der Waals surface area contributed by atoms with Crippen LogP contribution >= 0.6 is 0 Å². The zero-order valence-corrected chi connectivity index (χ0v) is 12.5. The molecule has 0 spiro atoms. The molecule has 0 aliphatic heterocycles. The Bertz CT molecular complexity index is 706. The minimum absolute atomic E-state index is 0.134. The fourth-order valence-electron chi connectivity index (χ4n) is 2.35. The van der Waals surface area contributed by atoms with Gasteiger partial charge in [0.25, 0.3) is 5.91 Å². The van der Waals surface area contributed by atoms with Crippen LogP contribution in [-0.4, -0.2) is 10.9 Å². The predicted octanol–water partition coefficient (Wildman–Crippen LogP) is 3.11. The number of carbonyl (C=O) groups is 1. The summed E-state index contributed by atoms with van der Waals surface area (Å²) in [5, 5.41) is 0. The molecule has 1 heterocycles. The lowest BCUT2D eigenvalue weighted by atomic mass is 9.99. The molecule has 2 N–H and O–H groups in total. The Labute approximate surface area is 135 Å². The van der Waals surface area contributed by atoms with Crippen molar-refractivity contribution in [2.45, 2.75) is 6.04 Å². The molecule has 1 amide bonds. The molecule has 3 aromatic rings. The van der Waals surface area contributed by atoms with E-state index in [0.717, 1.165) is 11.1 Å². The number of hydrogen-bond acceptors (Lipinski definition) is 3. The number of benzene rings is 2. The van der Waals surface area contributed by atoms with Crippen LogP contribution in [-0.2, 0) is 0 Å². The first-order chi connectivity index (χ1) is 11.3. The van der Waals surface area contributed by atoms with Crippen molar-refractivity contribution in [3.8, 4) is 0 Å². The van der Waals surface area contributed by atoms with E-state index in [0.29, 0.717) is 5.69 Å². The van der Waals surface area contributed by atoms with Gasteiger partial charge < -0.3 is 0 Å². The van der Waals surface area contributed by atoms with E-state index < -0.39 is 0 Å². The van der Waals surface area contributed by atoms with E-state index in [-0.39, 0.29) is 11.9 Å². The topological polar surface area (TPSA) is 54.0 Å². The standard InChI is InChI=1S/C19H17N3O/c23-19(17-13-7-8-14-20-17)22-21-18(15-9-3-1-4-10-15)16-11-5-2-6-12-16/h1-14,18,21H,(H,22,23). The van der Waals surface area contributed by atoms with E-state index in [2.05, 4.69) is 15.8 Å². The van der Waals surface area contributed by atoms with Gasteiger partial charge in [-0.3, -0.25) is 15.2 Å². The van der Waals surface area contributed by atoms with Crippen LogP contribution in [0.15, 0.2) is 85.1 Å². The number of aromatic nitrogens is 1. The molecule has 0 atom stereocenters. The first kappa shape index (κ1) is 14.9. The third kappa shape index (κ3) is 3.81. The zero-order valence-electron chi connectivity index (χ0n) is 12.5. The highest BCUT2D eigenvalue weighted by Crippen LogP contribution is 2.20. The van der Waals surface area contributed by atoms with Gasteiger partial charge in [0.1, 0.15) is 5.69 Å². The number of nitrogens with one attached hydrogen (secondary N) is 2. The van der Waals surface area contributed by atoms with E-state index in [1.165, 1.54) is 0 Å². The average molecular weight is 303 g/mol. The molecule has 1 aromatic heterocycles. The van der Waals surface area contributed by atoms with Crippen molar-refractivity contribution in [2.75, 3.05) is 0 Å². The number of pyridine rings is 1. The molecule has 3 rings (SSSR count). The highest BCUT2D eigenvalue weighted by molar-refractivity contribution is 5.91. The minimum Gasteiger partial charge on any atom is -0.285 e. The van der Waals surface area contributed by atoms with Crippen molar-refractivity contribution in [1.82, 2.24) is 15.8 Å². The number of rotatable bonds is 5. The third-order valence-electron chi connectivity index (χ3n) is 3.49. The zero-order chi connectivity index (χ0) is 15.9. The lowest BCUT2D eigenvalue weighted by Crippen LogP contribution is -2.40. The molecule has 0 aliphatic carbocycles. The van der Waals surface area contributed by atoms with Gasteiger partial charge in [-0.05, 0) is 23.3 Å². The van der Waals surface area contributed by atoms with Crippen LogP contribution in [0.2, 0.25) is 0 Å². The molecule has 0 unspecified atom stereocenters. The highest BCUT2D eigenvalue weighted by Gasteiger charge is 2.15.